The van der Waals surface area contributed by atoms with Crippen LogP contribution in [-0.2, 0) is 0 Å². The van der Waals surface area contributed by atoms with Gasteiger partial charge < -0.3 is 10.6 Å². The van der Waals surface area contributed by atoms with Crippen LogP contribution in [0.1, 0.15) is 6.42 Å². The third-order valence-electron chi connectivity index (χ3n) is 3.54. The quantitative estimate of drug-likeness (QED) is 0.543. The van der Waals surface area contributed by atoms with Gasteiger partial charge in [0.2, 0.25) is 0 Å². The van der Waals surface area contributed by atoms with Gasteiger partial charge in [-0.05, 0) is 30.7 Å². The summed E-state index contributed by atoms with van der Waals surface area (Å²) in [5.41, 5.74) is 1.67. The lowest BCUT2D eigenvalue weighted by Gasteiger charge is -2.09. The molecule has 2 aromatic carbocycles. The molecule has 0 bridgehead atoms. The van der Waals surface area contributed by atoms with Crippen molar-refractivity contribution in [3.8, 4) is 5.69 Å². The van der Waals surface area contributed by atoms with Crippen molar-refractivity contribution < 1.29 is 9.18 Å². The van der Waals surface area contributed by atoms with E-state index >= 15 is 0 Å². The average molecular weight is 347 g/mol. The molecule has 1 heterocycles. The number of rotatable bonds is 5. The minimum atomic E-state index is -0.361. The number of urea groups is 1. The van der Waals surface area contributed by atoms with Crippen molar-refractivity contribution in [2.45, 2.75) is 6.42 Å². The van der Waals surface area contributed by atoms with E-state index in [1.165, 1.54) is 10.7 Å². The third kappa shape index (κ3) is 3.33. The summed E-state index contributed by atoms with van der Waals surface area (Å²) in [5.74, 6) is 0.130. The number of fused-ring (bicyclic) bond motifs is 1. The molecular weight excluding hydrogens is 331 g/mol. The zero-order valence-electron chi connectivity index (χ0n) is 12.8. The van der Waals surface area contributed by atoms with Crippen LogP contribution in [0, 0.1) is 5.82 Å². The number of halogens is 2. The van der Waals surface area contributed by atoms with Gasteiger partial charge in [0.15, 0.2) is 0 Å². The first-order valence-electron chi connectivity index (χ1n) is 7.53. The summed E-state index contributed by atoms with van der Waals surface area (Å²) in [6, 6.07) is 11.5. The molecular formula is C17H16ClFN4O. The molecule has 0 aliphatic rings. The number of anilines is 1. The highest BCUT2D eigenvalue weighted by Crippen LogP contribution is 2.26. The lowest BCUT2D eigenvalue weighted by atomic mass is 10.2. The zero-order chi connectivity index (χ0) is 16.9. The molecule has 0 unspecified atom stereocenters. The van der Waals surface area contributed by atoms with E-state index in [0.717, 1.165) is 5.39 Å². The number of benzene rings is 2. The average Bonchev–Trinajstić information content (AvgIpc) is 3.00. The van der Waals surface area contributed by atoms with Gasteiger partial charge >= 0.3 is 6.03 Å². The smallest absolute Gasteiger partial charge is 0.319 e. The molecule has 124 valence electrons. The van der Waals surface area contributed by atoms with Crippen molar-refractivity contribution in [2.24, 2.45) is 0 Å². The predicted molar refractivity (Wildman–Crippen MR) is 93.4 cm³/mol. The van der Waals surface area contributed by atoms with Gasteiger partial charge in [0.1, 0.15) is 11.5 Å². The fourth-order valence-electron chi connectivity index (χ4n) is 2.41. The largest absolute Gasteiger partial charge is 0.338 e. The van der Waals surface area contributed by atoms with Crippen molar-refractivity contribution in [1.82, 2.24) is 15.1 Å². The first-order chi connectivity index (χ1) is 11.7. The Bertz CT molecular complexity index is 865. The monoisotopic (exact) mass is 346 g/mol. The Morgan fingerprint density at radius 3 is 2.83 bits per heavy atom. The normalized spacial score (nSPS) is 10.8. The summed E-state index contributed by atoms with van der Waals surface area (Å²) in [7, 11) is 0. The lowest BCUT2D eigenvalue weighted by Crippen LogP contribution is -2.29. The topological polar surface area (TPSA) is 59.0 Å². The van der Waals surface area contributed by atoms with Gasteiger partial charge in [-0.25, -0.2) is 13.9 Å². The molecule has 1 aromatic heterocycles. The van der Waals surface area contributed by atoms with Gasteiger partial charge in [-0.3, -0.25) is 0 Å². The molecule has 0 aliphatic carbocycles. The lowest BCUT2D eigenvalue weighted by molar-refractivity contribution is 0.252. The number of nitrogens with one attached hydrogen (secondary N) is 2. The first kappa shape index (κ1) is 16.3. The molecule has 2 N–H and O–H groups in total. The minimum absolute atomic E-state index is 0.314. The summed E-state index contributed by atoms with van der Waals surface area (Å²) in [6.07, 6.45) is 2.31. The van der Waals surface area contributed by atoms with Gasteiger partial charge in [0.25, 0.3) is 0 Å². The van der Waals surface area contributed by atoms with Crippen molar-refractivity contribution in [3.05, 3.63) is 54.5 Å². The number of hydrogen-bond acceptors (Lipinski definition) is 2. The fourth-order valence-corrected chi connectivity index (χ4v) is 2.54. The first-order valence-corrected chi connectivity index (χ1v) is 8.06. The van der Waals surface area contributed by atoms with Crippen LogP contribution >= 0.6 is 11.6 Å². The fraction of sp³-hybridized carbons (Fsp3) is 0.176. The van der Waals surface area contributed by atoms with E-state index in [-0.39, 0.29) is 11.8 Å². The minimum Gasteiger partial charge on any atom is -0.338 e. The number of nitrogens with zero attached hydrogens (tertiary/aromatic N) is 2. The maximum Gasteiger partial charge on any atom is 0.319 e. The molecule has 2 amide bonds. The Kier molecular flexibility index (Phi) is 4.96. The molecule has 3 rings (SSSR count). The second kappa shape index (κ2) is 7.31. The Hall–Kier alpha value is -2.60. The summed E-state index contributed by atoms with van der Waals surface area (Å²) >= 11 is 5.58. The summed E-state index contributed by atoms with van der Waals surface area (Å²) in [5, 5.41) is 10.5. The van der Waals surface area contributed by atoms with Crippen LogP contribution in [0.4, 0.5) is 14.9 Å². The molecule has 24 heavy (non-hydrogen) atoms. The predicted octanol–water partition coefficient (Wildman–Crippen LogP) is 3.92. The van der Waals surface area contributed by atoms with Gasteiger partial charge in [0, 0.05) is 17.8 Å². The van der Waals surface area contributed by atoms with Crippen LogP contribution in [0.3, 0.4) is 0 Å². The van der Waals surface area contributed by atoms with Crippen LogP contribution in [-0.4, -0.2) is 28.2 Å². The van der Waals surface area contributed by atoms with Gasteiger partial charge in [0.05, 0.1) is 17.4 Å². The molecule has 0 saturated heterocycles. The number of carbonyl (C=O) groups is 1. The van der Waals surface area contributed by atoms with E-state index in [2.05, 4.69) is 15.7 Å². The molecule has 3 aromatic rings. The van der Waals surface area contributed by atoms with Crippen LogP contribution in [0.2, 0.25) is 0 Å². The highest BCUT2D eigenvalue weighted by Gasteiger charge is 2.12. The number of carbonyl (C=O) groups excluding carboxylic acids is 1. The Morgan fingerprint density at radius 2 is 2.04 bits per heavy atom. The van der Waals surface area contributed by atoms with Crippen LogP contribution in [0.15, 0.2) is 48.7 Å². The SMILES string of the molecule is O=C(NCCCCl)Nc1cccc2c1cnn2-c1ccccc1F. The van der Waals surface area contributed by atoms with Crippen LogP contribution < -0.4 is 10.6 Å². The molecule has 0 spiro atoms. The Morgan fingerprint density at radius 1 is 1.21 bits per heavy atom. The standard InChI is InChI=1S/C17H16ClFN4O/c18-9-4-10-20-17(24)22-14-6-3-8-15-12(14)11-21-23(15)16-7-2-1-5-13(16)19/h1-3,5-8,11H,4,9-10H2,(H2,20,22,24). The van der Waals surface area contributed by atoms with Crippen molar-refractivity contribution >= 4 is 34.2 Å². The number of alkyl halides is 1. The Balaban J connectivity index is 1.90. The van der Waals surface area contributed by atoms with E-state index in [1.807, 2.05) is 6.07 Å². The summed E-state index contributed by atoms with van der Waals surface area (Å²) in [4.78, 5) is 11.9. The third-order valence-corrected chi connectivity index (χ3v) is 3.81. The maximum absolute atomic E-state index is 14.0. The van der Waals surface area contributed by atoms with Crippen molar-refractivity contribution in [3.63, 3.8) is 0 Å². The molecule has 5 nitrogen and oxygen atoms in total. The zero-order valence-corrected chi connectivity index (χ0v) is 13.6. The van der Waals surface area contributed by atoms with E-state index < -0.39 is 0 Å². The van der Waals surface area contributed by atoms with E-state index in [0.29, 0.717) is 35.7 Å². The molecule has 0 radical (unpaired) electrons. The van der Waals surface area contributed by atoms with Gasteiger partial charge in [-0.15, -0.1) is 11.6 Å². The van der Waals surface area contributed by atoms with Crippen molar-refractivity contribution in [2.75, 3.05) is 17.7 Å². The van der Waals surface area contributed by atoms with E-state index in [4.69, 9.17) is 11.6 Å². The van der Waals surface area contributed by atoms with Crippen molar-refractivity contribution in [1.29, 1.82) is 0 Å². The number of amides is 2. The highest BCUT2D eigenvalue weighted by molar-refractivity contribution is 6.17. The number of hydrogen-bond donors (Lipinski definition) is 2. The van der Waals surface area contributed by atoms with E-state index in [9.17, 15) is 9.18 Å². The maximum atomic E-state index is 14.0. The molecule has 7 heteroatoms. The van der Waals surface area contributed by atoms with Gasteiger partial charge in [-0.2, -0.15) is 5.10 Å². The highest BCUT2D eigenvalue weighted by atomic mass is 35.5. The number of aromatic nitrogens is 2. The van der Waals surface area contributed by atoms with Crippen LogP contribution in [0.5, 0.6) is 0 Å². The molecule has 0 aliphatic heterocycles. The number of para-hydroxylation sites is 1. The van der Waals surface area contributed by atoms with Gasteiger partial charge in [-0.1, -0.05) is 18.2 Å². The molecule has 0 atom stereocenters. The second-order valence-corrected chi connectivity index (χ2v) is 5.55. The summed E-state index contributed by atoms with van der Waals surface area (Å²) in [6.45, 7) is 0.500. The van der Waals surface area contributed by atoms with E-state index in [1.54, 1.807) is 36.5 Å². The Labute approximate surface area is 143 Å². The molecule has 0 fully saturated rings. The summed E-state index contributed by atoms with van der Waals surface area (Å²) < 4.78 is 15.5. The molecule has 0 saturated carbocycles. The van der Waals surface area contributed by atoms with Crippen LogP contribution in [0.25, 0.3) is 16.6 Å². The second-order valence-electron chi connectivity index (χ2n) is 5.17.